The topological polar surface area (TPSA) is 79.8 Å². The number of aliphatic imine (C=N–C) groups is 1. The predicted molar refractivity (Wildman–Crippen MR) is 87.2 cm³/mol. The highest BCUT2D eigenvalue weighted by Gasteiger charge is 2.18. The summed E-state index contributed by atoms with van der Waals surface area (Å²) in [5, 5.41) is 5.97. The summed E-state index contributed by atoms with van der Waals surface area (Å²) in [5.41, 5.74) is 1.03. The summed E-state index contributed by atoms with van der Waals surface area (Å²) in [5.74, 6) is 0.338. The highest BCUT2D eigenvalue weighted by atomic mass is 32.2. The molecule has 1 saturated heterocycles. The third-order valence-corrected chi connectivity index (χ3v) is 3.50. The van der Waals surface area contributed by atoms with Crippen molar-refractivity contribution in [2.75, 3.05) is 5.75 Å². The zero-order valence-corrected chi connectivity index (χ0v) is 13.6. The van der Waals surface area contributed by atoms with Crippen LogP contribution < -0.4 is 10.6 Å². The maximum Gasteiger partial charge on any atom is 0.407 e. The van der Waals surface area contributed by atoms with Crippen LogP contribution >= 0.6 is 11.8 Å². The Hall–Kier alpha value is -2.02. The van der Waals surface area contributed by atoms with Gasteiger partial charge in [-0.3, -0.25) is 4.79 Å². The van der Waals surface area contributed by atoms with E-state index in [1.54, 1.807) is 0 Å². The number of nitrogens with one attached hydrogen (secondary N) is 2. The molecule has 2 rings (SSSR count). The van der Waals surface area contributed by atoms with Gasteiger partial charge in [-0.2, -0.15) is 0 Å². The molecule has 1 aliphatic rings. The molecule has 22 heavy (non-hydrogen) atoms. The molecular formula is C15H19N3O3S. The van der Waals surface area contributed by atoms with E-state index in [4.69, 9.17) is 4.74 Å². The molecule has 0 bridgehead atoms. The Morgan fingerprint density at radius 3 is 2.77 bits per heavy atom. The first-order chi connectivity index (χ1) is 10.3. The molecule has 0 unspecified atom stereocenters. The van der Waals surface area contributed by atoms with Crippen molar-refractivity contribution in [3.63, 3.8) is 0 Å². The molecule has 0 spiro atoms. The van der Waals surface area contributed by atoms with Crippen molar-refractivity contribution in [2.45, 2.75) is 32.9 Å². The molecule has 1 aromatic carbocycles. The Balaban J connectivity index is 2.03. The van der Waals surface area contributed by atoms with E-state index in [2.05, 4.69) is 15.6 Å². The van der Waals surface area contributed by atoms with E-state index in [1.165, 1.54) is 11.8 Å². The second kappa shape index (κ2) is 6.83. The number of nitrogens with zero attached hydrogens (tertiary/aromatic N) is 1. The summed E-state index contributed by atoms with van der Waals surface area (Å²) in [6.45, 7) is 5.74. The van der Waals surface area contributed by atoms with Crippen LogP contribution in [0.15, 0.2) is 29.3 Å². The van der Waals surface area contributed by atoms with Crippen molar-refractivity contribution >= 4 is 34.6 Å². The molecule has 1 aliphatic heterocycles. The number of carbonyl (C=O) groups excluding carboxylic acids is 2. The zero-order valence-electron chi connectivity index (χ0n) is 12.8. The molecule has 2 amide bonds. The number of hydrogen-bond donors (Lipinski definition) is 2. The summed E-state index contributed by atoms with van der Waals surface area (Å²) in [6, 6.07) is 7.44. The van der Waals surface area contributed by atoms with Gasteiger partial charge in [-0.15, -0.1) is 0 Å². The molecule has 0 aliphatic carbocycles. The van der Waals surface area contributed by atoms with Crippen molar-refractivity contribution in [3.8, 4) is 0 Å². The van der Waals surface area contributed by atoms with Crippen LogP contribution in [0.5, 0.6) is 0 Å². The van der Waals surface area contributed by atoms with Crippen LogP contribution in [-0.4, -0.2) is 28.5 Å². The minimum absolute atomic E-state index is 0.0480. The number of alkyl carbamates (subject to hydrolysis) is 1. The maximum atomic E-state index is 11.7. The van der Waals surface area contributed by atoms with E-state index in [9.17, 15) is 9.59 Å². The summed E-state index contributed by atoms with van der Waals surface area (Å²) in [4.78, 5) is 27.3. The number of carbonyl (C=O) groups is 2. The number of ether oxygens (including phenoxy) is 1. The lowest BCUT2D eigenvalue weighted by molar-refractivity contribution is -0.116. The summed E-state index contributed by atoms with van der Waals surface area (Å²) < 4.78 is 5.20. The van der Waals surface area contributed by atoms with E-state index in [0.29, 0.717) is 23.2 Å². The maximum absolute atomic E-state index is 11.7. The Bertz CT molecular complexity index is 608. The van der Waals surface area contributed by atoms with Gasteiger partial charge in [0.25, 0.3) is 0 Å². The molecule has 1 fully saturated rings. The molecule has 1 aromatic rings. The van der Waals surface area contributed by atoms with Gasteiger partial charge in [0.15, 0.2) is 5.17 Å². The first kappa shape index (κ1) is 16.4. The molecule has 0 radical (unpaired) electrons. The van der Waals surface area contributed by atoms with E-state index >= 15 is 0 Å². The van der Waals surface area contributed by atoms with Gasteiger partial charge < -0.3 is 15.4 Å². The molecule has 0 aromatic heterocycles. The SMILES string of the molecule is CC(C)(C)OC(=O)NCc1ccccc1N=C1NC(=O)CS1. The quantitative estimate of drug-likeness (QED) is 0.896. The molecule has 2 N–H and O–H groups in total. The van der Waals surface area contributed by atoms with Gasteiger partial charge in [-0.05, 0) is 32.4 Å². The van der Waals surface area contributed by atoms with Gasteiger partial charge in [-0.25, -0.2) is 9.79 Å². The third kappa shape index (κ3) is 5.07. The fourth-order valence-corrected chi connectivity index (χ4v) is 2.43. The lowest BCUT2D eigenvalue weighted by Gasteiger charge is -2.19. The number of thioether (sulfide) groups is 1. The highest BCUT2D eigenvalue weighted by Crippen LogP contribution is 2.22. The number of amides is 2. The first-order valence-electron chi connectivity index (χ1n) is 6.89. The number of rotatable bonds is 3. The Morgan fingerprint density at radius 2 is 2.14 bits per heavy atom. The van der Waals surface area contributed by atoms with E-state index in [1.807, 2.05) is 45.0 Å². The molecule has 1 heterocycles. The van der Waals surface area contributed by atoms with Gasteiger partial charge in [0.2, 0.25) is 5.91 Å². The van der Waals surface area contributed by atoms with Crippen LogP contribution in [0.4, 0.5) is 10.5 Å². The fourth-order valence-electron chi connectivity index (χ4n) is 1.75. The Labute approximate surface area is 133 Å². The summed E-state index contributed by atoms with van der Waals surface area (Å²) >= 11 is 1.36. The van der Waals surface area contributed by atoms with Gasteiger partial charge in [0, 0.05) is 6.54 Å². The lowest BCUT2D eigenvalue weighted by atomic mass is 10.2. The molecule has 0 saturated carbocycles. The highest BCUT2D eigenvalue weighted by molar-refractivity contribution is 8.15. The van der Waals surface area contributed by atoms with Crippen LogP contribution in [0.2, 0.25) is 0 Å². The average Bonchev–Trinajstić information content (AvgIpc) is 2.81. The largest absolute Gasteiger partial charge is 0.444 e. The zero-order chi connectivity index (χ0) is 16.2. The van der Waals surface area contributed by atoms with Crippen LogP contribution in [0.25, 0.3) is 0 Å². The number of para-hydroxylation sites is 1. The minimum atomic E-state index is -0.533. The fraction of sp³-hybridized carbons (Fsp3) is 0.400. The number of hydrogen-bond acceptors (Lipinski definition) is 5. The summed E-state index contributed by atoms with van der Waals surface area (Å²) in [7, 11) is 0. The normalized spacial score (nSPS) is 16.5. The van der Waals surface area contributed by atoms with Gasteiger partial charge >= 0.3 is 6.09 Å². The van der Waals surface area contributed by atoms with Crippen molar-refractivity contribution in [1.29, 1.82) is 0 Å². The predicted octanol–water partition coefficient (Wildman–Crippen LogP) is 2.56. The van der Waals surface area contributed by atoms with Crippen LogP contribution in [0, 0.1) is 0 Å². The van der Waals surface area contributed by atoms with Crippen LogP contribution in [0.3, 0.4) is 0 Å². The Morgan fingerprint density at radius 1 is 1.41 bits per heavy atom. The van der Waals surface area contributed by atoms with Gasteiger partial charge in [-0.1, -0.05) is 30.0 Å². The van der Waals surface area contributed by atoms with Crippen molar-refractivity contribution in [3.05, 3.63) is 29.8 Å². The number of benzene rings is 1. The lowest BCUT2D eigenvalue weighted by Crippen LogP contribution is -2.32. The molecular weight excluding hydrogens is 302 g/mol. The molecule has 118 valence electrons. The van der Waals surface area contributed by atoms with Gasteiger partial charge in [0.1, 0.15) is 5.60 Å². The van der Waals surface area contributed by atoms with E-state index < -0.39 is 11.7 Å². The van der Waals surface area contributed by atoms with Crippen molar-refractivity contribution < 1.29 is 14.3 Å². The average molecular weight is 321 g/mol. The van der Waals surface area contributed by atoms with Crippen LogP contribution in [0.1, 0.15) is 26.3 Å². The van der Waals surface area contributed by atoms with Gasteiger partial charge in [0.05, 0.1) is 11.4 Å². The summed E-state index contributed by atoms with van der Waals surface area (Å²) in [6.07, 6.45) is -0.474. The van der Waals surface area contributed by atoms with Crippen molar-refractivity contribution in [2.24, 2.45) is 4.99 Å². The molecule has 6 nitrogen and oxygen atoms in total. The van der Waals surface area contributed by atoms with Crippen LogP contribution in [-0.2, 0) is 16.1 Å². The standard InChI is InChI=1S/C15H19N3O3S/c1-15(2,3)21-14(20)16-8-10-6-4-5-7-11(10)17-13-18-12(19)9-22-13/h4-7H,8-9H2,1-3H3,(H,16,20)(H,17,18,19). The van der Waals surface area contributed by atoms with E-state index in [-0.39, 0.29) is 5.91 Å². The number of amidine groups is 1. The first-order valence-corrected chi connectivity index (χ1v) is 7.88. The monoisotopic (exact) mass is 321 g/mol. The third-order valence-electron chi connectivity index (χ3n) is 2.62. The minimum Gasteiger partial charge on any atom is -0.444 e. The second-order valence-electron chi connectivity index (χ2n) is 5.74. The molecule has 0 atom stereocenters. The second-order valence-corrected chi connectivity index (χ2v) is 6.70. The Kier molecular flexibility index (Phi) is 5.07. The van der Waals surface area contributed by atoms with E-state index in [0.717, 1.165) is 5.56 Å². The molecule has 7 heteroatoms. The smallest absolute Gasteiger partial charge is 0.407 e. The van der Waals surface area contributed by atoms with Crippen molar-refractivity contribution in [1.82, 2.24) is 10.6 Å².